The summed E-state index contributed by atoms with van der Waals surface area (Å²) in [4.78, 5) is 12.4. The predicted octanol–water partition coefficient (Wildman–Crippen LogP) is 3.60. The van der Waals surface area contributed by atoms with Gasteiger partial charge < -0.3 is 10.1 Å². The summed E-state index contributed by atoms with van der Waals surface area (Å²) in [5.74, 6) is -0.538. The molecule has 6 heteroatoms. The molecule has 0 aliphatic rings. The van der Waals surface area contributed by atoms with E-state index in [-0.39, 0.29) is 11.7 Å². The maximum absolute atomic E-state index is 13.1. The van der Waals surface area contributed by atoms with Gasteiger partial charge in [0.15, 0.2) is 0 Å². The second-order valence-electron chi connectivity index (χ2n) is 6.12. The second-order valence-corrected chi connectivity index (χ2v) is 6.12. The number of nitrogens with zero attached hydrogens (tertiary/aromatic N) is 1. The minimum absolute atomic E-state index is 0.215. The summed E-state index contributed by atoms with van der Waals surface area (Å²) in [5, 5.41) is 9.60. The quantitative estimate of drug-likeness (QED) is 0.568. The Morgan fingerprint density at radius 3 is 2.63 bits per heavy atom. The van der Waals surface area contributed by atoms with Crippen molar-refractivity contribution in [1.82, 2.24) is 15.5 Å². The summed E-state index contributed by atoms with van der Waals surface area (Å²) in [6.45, 7) is 1.76. The number of H-pyrrole nitrogens is 1. The highest BCUT2D eigenvalue weighted by atomic mass is 19.1. The number of hydrogen-bond acceptors (Lipinski definition) is 3. The van der Waals surface area contributed by atoms with Crippen molar-refractivity contribution in [3.63, 3.8) is 0 Å². The topological polar surface area (TPSA) is 67.0 Å². The number of benzene rings is 2. The predicted molar refractivity (Wildman–Crippen MR) is 102 cm³/mol. The maximum atomic E-state index is 13.1. The van der Waals surface area contributed by atoms with E-state index in [9.17, 15) is 9.18 Å². The molecule has 2 aromatic carbocycles. The summed E-state index contributed by atoms with van der Waals surface area (Å²) in [6.07, 6.45) is 3.08. The van der Waals surface area contributed by atoms with Gasteiger partial charge in [-0.2, -0.15) is 5.10 Å². The summed E-state index contributed by atoms with van der Waals surface area (Å²) >= 11 is 0. The molecular weight excluding hydrogens is 345 g/mol. The summed E-state index contributed by atoms with van der Waals surface area (Å²) in [6, 6.07) is 16.1. The number of aromatic amines is 1. The van der Waals surface area contributed by atoms with Gasteiger partial charge in [0.1, 0.15) is 5.82 Å². The molecule has 0 atom stereocenters. The van der Waals surface area contributed by atoms with E-state index < -0.39 is 0 Å². The Bertz CT molecular complexity index is 847. The molecule has 0 unspecified atom stereocenters. The standard InChI is InChI=1S/C21H22FN3O2/c22-18-9-7-17(8-10-18)20-19(15-24-25-20)21(26)23-12-4-13-27-14-11-16-5-2-1-3-6-16/h1-3,5-10,15H,4,11-14H2,(H,23,26)(H,24,25). The zero-order chi connectivity index (χ0) is 18.9. The van der Waals surface area contributed by atoms with Crippen LogP contribution in [-0.4, -0.2) is 35.9 Å². The lowest BCUT2D eigenvalue weighted by atomic mass is 10.1. The average Bonchev–Trinajstić information content (AvgIpc) is 3.18. The van der Waals surface area contributed by atoms with E-state index in [4.69, 9.17) is 4.74 Å². The molecule has 0 spiro atoms. The molecular formula is C21H22FN3O2. The summed E-state index contributed by atoms with van der Waals surface area (Å²) in [5.41, 5.74) is 2.97. The minimum Gasteiger partial charge on any atom is -0.381 e. The number of halogens is 1. The summed E-state index contributed by atoms with van der Waals surface area (Å²) < 4.78 is 18.7. The third-order valence-corrected chi connectivity index (χ3v) is 4.15. The van der Waals surface area contributed by atoms with Crippen molar-refractivity contribution < 1.29 is 13.9 Å². The van der Waals surface area contributed by atoms with E-state index in [1.165, 1.54) is 23.9 Å². The fourth-order valence-corrected chi connectivity index (χ4v) is 2.70. The zero-order valence-corrected chi connectivity index (χ0v) is 15.0. The largest absolute Gasteiger partial charge is 0.381 e. The van der Waals surface area contributed by atoms with Gasteiger partial charge in [0.2, 0.25) is 0 Å². The van der Waals surface area contributed by atoms with Crippen molar-refractivity contribution in [1.29, 1.82) is 0 Å². The molecule has 1 amide bonds. The van der Waals surface area contributed by atoms with E-state index in [0.717, 1.165) is 12.8 Å². The SMILES string of the molecule is O=C(NCCCOCCc1ccccc1)c1cn[nH]c1-c1ccc(F)cc1. The number of aromatic nitrogens is 2. The molecule has 0 radical (unpaired) electrons. The van der Waals surface area contributed by atoms with Crippen LogP contribution >= 0.6 is 0 Å². The molecule has 0 saturated heterocycles. The van der Waals surface area contributed by atoms with Crippen molar-refractivity contribution in [2.45, 2.75) is 12.8 Å². The third-order valence-electron chi connectivity index (χ3n) is 4.15. The molecule has 0 fully saturated rings. The van der Waals surface area contributed by atoms with E-state index >= 15 is 0 Å². The first-order chi connectivity index (χ1) is 13.2. The first-order valence-electron chi connectivity index (χ1n) is 8.93. The van der Waals surface area contributed by atoms with Gasteiger partial charge in [0, 0.05) is 18.7 Å². The molecule has 0 aliphatic heterocycles. The van der Waals surface area contributed by atoms with Crippen molar-refractivity contribution >= 4 is 5.91 Å². The van der Waals surface area contributed by atoms with Crippen LogP contribution in [0.2, 0.25) is 0 Å². The summed E-state index contributed by atoms with van der Waals surface area (Å²) in [7, 11) is 0. The maximum Gasteiger partial charge on any atom is 0.255 e. The number of hydrogen-bond donors (Lipinski definition) is 2. The minimum atomic E-state index is -0.323. The highest BCUT2D eigenvalue weighted by Gasteiger charge is 2.14. The molecule has 27 heavy (non-hydrogen) atoms. The van der Waals surface area contributed by atoms with Crippen LogP contribution in [0.1, 0.15) is 22.3 Å². The van der Waals surface area contributed by atoms with Crippen LogP contribution in [0.5, 0.6) is 0 Å². The van der Waals surface area contributed by atoms with Crippen molar-refractivity contribution in [3.8, 4) is 11.3 Å². The molecule has 140 valence electrons. The highest BCUT2D eigenvalue weighted by molar-refractivity contribution is 5.99. The molecule has 5 nitrogen and oxygen atoms in total. The van der Waals surface area contributed by atoms with Crippen LogP contribution in [0.25, 0.3) is 11.3 Å². The zero-order valence-electron chi connectivity index (χ0n) is 15.0. The van der Waals surface area contributed by atoms with E-state index in [2.05, 4.69) is 27.6 Å². The van der Waals surface area contributed by atoms with Crippen molar-refractivity contribution in [3.05, 3.63) is 77.7 Å². The van der Waals surface area contributed by atoms with Crippen LogP contribution in [0.3, 0.4) is 0 Å². The van der Waals surface area contributed by atoms with Crippen LogP contribution in [-0.2, 0) is 11.2 Å². The molecule has 3 aromatic rings. The number of rotatable bonds is 9. The Morgan fingerprint density at radius 1 is 1.07 bits per heavy atom. The van der Waals surface area contributed by atoms with Gasteiger partial charge in [0.25, 0.3) is 5.91 Å². The molecule has 1 heterocycles. The van der Waals surface area contributed by atoms with E-state index in [0.29, 0.717) is 36.6 Å². The van der Waals surface area contributed by atoms with Crippen LogP contribution < -0.4 is 5.32 Å². The van der Waals surface area contributed by atoms with Crippen LogP contribution in [0.4, 0.5) is 4.39 Å². The lowest BCUT2D eigenvalue weighted by Gasteiger charge is -2.07. The molecule has 0 bridgehead atoms. The van der Waals surface area contributed by atoms with Gasteiger partial charge in [-0.05, 0) is 42.7 Å². The third kappa shape index (κ3) is 5.49. The Labute approximate surface area is 157 Å². The monoisotopic (exact) mass is 367 g/mol. The van der Waals surface area contributed by atoms with E-state index in [1.54, 1.807) is 12.1 Å². The molecule has 0 aliphatic carbocycles. The number of carbonyl (C=O) groups excluding carboxylic acids is 1. The number of nitrogens with one attached hydrogen (secondary N) is 2. The number of ether oxygens (including phenoxy) is 1. The fourth-order valence-electron chi connectivity index (χ4n) is 2.70. The lowest BCUT2D eigenvalue weighted by Crippen LogP contribution is -2.25. The van der Waals surface area contributed by atoms with Crippen LogP contribution in [0.15, 0.2) is 60.8 Å². The molecule has 1 aromatic heterocycles. The van der Waals surface area contributed by atoms with Gasteiger partial charge in [-0.3, -0.25) is 9.89 Å². The Balaban J connectivity index is 1.39. The molecule has 0 saturated carbocycles. The number of carbonyl (C=O) groups is 1. The first-order valence-corrected chi connectivity index (χ1v) is 8.93. The average molecular weight is 367 g/mol. The Kier molecular flexibility index (Phi) is 6.71. The Morgan fingerprint density at radius 2 is 1.85 bits per heavy atom. The molecule has 2 N–H and O–H groups in total. The Hall–Kier alpha value is -2.99. The van der Waals surface area contributed by atoms with Gasteiger partial charge in [-0.1, -0.05) is 30.3 Å². The van der Waals surface area contributed by atoms with Gasteiger partial charge >= 0.3 is 0 Å². The van der Waals surface area contributed by atoms with Crippen LogP contribution in [0, 0.1) is 5.82 Å². The van der Waals surface area contributed by atoms with Crippen molar-refractivity contribution in [2.24, 2.45) is 0 Å². The van der Waals surface area contributed by atoms with Gasteiger partial charge in [-0.15, -0.1) is 0 Å². The normalized spacial score (nSPS) is 10.7. The molecule has 3 rings (SSSR count). The van der Waals surface area contributed by atoms with E-state index in [1.807, 2.05) is 18.2 Å². The number of amides is 1. The van der Waals surface area contributed by atoms with Crippen molar-refractivity contribution in [2.75, 3.05) is 19.8 Å². The lowest BCUT2D eigenvalue weighted by molar-refractivity contribution is 0.0943. The highest BCUT2D eigenvalue weighted by Crippen LogP contribution is 2.21. The van der Waals surface area contributed by atoms with Gasteiger partial charge in [0.05, 0.1) is 24.1 Å². The van der Waals surface area contributed by atoms with Gasteiger partial charge in [-0.25, -0.2) is 4.39 Å². The first kappa shape index (κ1) is 18.8. The smallest absolute Gasteiger partial charge is 0.255 e. The second kappa shape index (κ2) is 9.64. The fraction of sp³-hybridized carbons (Fsp3) is 0.238.